The number of nitrogens with one attached hydrogen (secondary N) is 1. The van der Waals surface area contributed by atoms with Crippen LogP contribution in [0.25, 0.3) is 0 Å². The van der Waals surface area contributed by atoms with Crippen LogP contribution in [0.2, 0.25) is 0 Å². The first-order chi connectivity index (χ1) is 15.3. The second-order valence-corrected chi connectivity index (χ2v) is 10.1. The van der Waals surface area contributed by atoms with Crippen LogP contribution in [0.4, 0.5) is 5.69 Å². The first kappa shape index (κ1) is 22.1. The molecule has 0 aliphatic carbocycles. The molecule has 2 heterocycles. The number of sulfonamides is 1. The molecule has 2 aromatic carbocycles. The van der Waals surface area contributed by atoms with Crippen LogP contribution in [0.1, 0.15) is 40.7 Å². The van der Waals surface area contributed by atoms with Crippen molar-refractivity contribution in [2.75, 3.05) is 10.8 Å². The maximum Gasteiger partial charge on any atom is 0.264 e. The van der Waals surface area contributed by atoms with E-state index in [4.69, 9.17) is 0 Å². The first-order valence-corrected chi connectivity index (χ1v) is 12.2. The van der Waals surface area contributed by atoms with Gasteiger partial charge in [-0.05, 0) is 69.5 Å². The highest BCUT2D eigenvalue weighted by Crippen LogP contribution is 2.36. The van der Waals surface area contributed by atoms with E-state index >= 15 is 0 Å². The monoisotopic (exact) mass is 452 g/mol. The van der Waals surface area contributed by atoms with Gasteiger partial charge in [0.1, 0.15) is 0 Å². The topological polar surface area (TPSA) is 84.3 Å². The minimum atomic E-state index is -3.78. The zero-order valence-electron chi connectivity index (χ0n) is 18.6. The van der Waals surface area contributed by atoms with E-state index in [9.17, 15) is 13.2 Å². The Morgan fingerprint density at radius 3 is 2.66 bits per heavy atom. The van der Waals surface area contributed by atoms with E-state index in [0.29, 0.717) is 30.8 Å². The molecule has 0 radical (unpaired) electrons. The van der Waals surface area contributed by atoms with Crippen molar-refractivity contribution in [1.29, 1.82) is 0 Å². The van der Waals surface area contributed by atoms with E-state index in [1.165, 1.54) is 10.4 Å². The third-order valence-corrected chi connectivity index (χ3v) is 7.66. The second kappa shape index (κ2) is 8.78. The summed E-state index contributed by atoms with van der Waals surface area (Å²) in [6.45, 7) is 7.04. The molecule has 7 nitrogen and oxygen atoms in total. The Morgan fingerprint density at radius 1 is 1.12 bits per heavy atom. The molecule has 4 rings (SSSR count). The van der Waals surface area contributed by atoms with E-state index in [0.717, 1.165) is 23.4 Å². The number of aromatic nitrogens is 2. The summed E-state index contributed by atoms with van der Waals surface area (Å²) in [5.74, 6) is -0.287. The maximum atomic E-state index is 13.4. The fraction of sp³-hybridized carbons (Fsp3) is 0.333. The number of benzene rings is 2. The van der Waals surface area contributed by atoms with Gasteiger partial charge in [0.05, 0.1) is 16.3 Å². The Hall–Kier alpha value is -3.13. The van der Waals surface area contributed by atoms with Gasteiger partial charge in [-0.2, -0.15) is 5.10 Å². The highest BCUT2D eigenvalue weighted by atomic mass is 32.2. The van der Waals surface area contributed by atoms with Crippen molar-refractivity contribution in [2.24, 2.45) is 0 Å². The average molecular weight is 453 g/mol. The maximum absolute atomic E-state index is 13.4. The van der Waals surface area contributed by atoms with Crippen LogP contribution in [0.3, 0.4) is 0 Å². The summed E-state index contributed by atoms with van der Waals surface area (Å²) in [6, 6.07) is 15.6. The van der Waals surface area contributed by atoms with Crippen LogP contribution in [0, 0.1) is 13.8 Å². The number of fused-ring (bicyclic) bond motifs is 1. The standard InChI is InChI=1S/C24H28N4O3S/c1-17-14-18(2)27(26-17)13-7-12-25-24(29)21-9-6-10-22(16-21)32(30,31)28-19(3)15-20-8-4-5-11-23(20)28/h4-6,8-11,14,16,19H,7,12-13,15H2,1-3H3,(H,25,29). The molecule has 32 heavy (non-hydrogen) atoms. The van der Waals surface area contributed by atoms with Crippen LogP contribution in [-0.2, 0) is 23.0 Å². The summed E-state index contributed by atoms with van der Waals surface area (Å²) in [6.07, 6.45) is 1.40. The van der Waals surface area contributed by atoms with E-state index in [2.05, 4.69) is 10.4 Å². The van der Waals surface area contributed by atoms with Gasteiger partial charge in [0, 0.05) is 30.4 Å². The van der Waals surface area contributed by atoms with Crippen molar-refractivity contribution in [3.8, 4) is 0 Å². The Kier molecular flexibility index (Phi) is 6.06. The van der Waals surface area contributed by atoms with Gasteiger partial charge in [0.2, 0.25) is 0 Å². The van der Waals surface area contributed by atoms with Crippen molar-refractivity contribution in [1.82, 2.24) is 15.1 Å². The molecule has 1 unspecified atom stereocenters. The molecule has 0 saturated heterocycles. The molecule has 8 heteroatoms. The summed E-state index contributed by atoms with van der Waals surface area (Å²) >= 11 is 0. The second-order valence-electron chi connectivity index (χ2n) is 8.27. The number of anilines is 1. The van der Waals surface area contributed by atoms with Gasteiger partial charge < -0.3 is 5.32 Å². The molecular weight excluding hydrogens is 424 g/mol. The molecule has 1 aliphatic heterocycles. The summed E-state index contributed by atoms with van der Waals surface area (Å²) in [7, 11) is -3.78. The molecule has 1 aliphatic rings. The quantitative estimate of drug-likeness (QED) is 0.557. The van der Waals surface area contributed by atoms with Crippen molar-refractivity contribution < 1.29 is 13.2 Å². The van der Waals surface area contributed by atoms with Gasteiger partial charge in [0.15, 0.2) is 0 Å². The third-order valence-electron chi connectivity index (χ3n) is 5.73. The normalized spacial score (nSPS) is 15.6. The molecule has 1 aromatic heterocycles. The van der Waals surface area contributed by atoms with E-state index in [-0.39, 0.29) is 16.8 Å². The average Bonchev–Trinajstić information content (AvgIpc) is 3.28. The fourth-order valence-corrected chi connectivity index (χ4v) is 5.99. The Morgan fingerprint density at radius 2 is 1.91 bits per heavy atom. The number of amides is 1. The molecule has 1 amide bonds. The molecule has 0 spiro atoms. The summed E-state index contributed by atoms with van der Waals surface area (Å²) < 4.78 is 30.2. The van der Waals surface area contributed by atoms with Crippen molar-refractivity contribution in [2.45, 2.75) is 51.1 Å². The van der Waals surface area contributed by atoms with Crippen LogP contribution in [0.5, 0.6) is 0 Å². The van der Waals surface area contributed by atoms with Gasteiger partial charge in [-0.1, -0.05) is 24.3 Å². The number of carbonyl (C=O) groups is 1. The summed E-state index contributed by atoms with van der Waals surface area (Å²) in [5.41, 5.74) is 4.11. The molecular formula is C24H28N4O3S. The third kappa shape index (κ3) is 4.27. The molecule has 1 N–H and O–H groups in total. The van der Waals surface area contributed by atoms with E-state index in [1.807, 2.05) is 55.8 Å². The number of hydrogen-bond donors (Lipinski definition) is 1. The summed E-state index contributed by atoms with van der Waals surface area (Å²) in [4.78, 5) is 12.8. The lowest BCUT2D eigenvalue weighted by molar-refractivity contribution is 0.0952. The Labute approximate surface area is 189 Å². The molecule has 0 fully saturated rings. The molecule has 3 aromatic rings. The van der Waals surface area contributed by atoms with Gasteiger partial charge in [0.25, 0.3) is 15.9 Å². The zero-order valence-corrected chi connectivity index (χ0v) is 19.4. The SMILES string of the molecule is Cc1cc(C)n(CCCNC(=O)c2cccc(S(=O)(=O)N3c4ccccc4CC3C)c2)n1. The van der Waals surface area contributed by atoms with Crippen LogP contribution < -0.4 is 9.62 Å². The first-order valence-electron chi connectivity index (χ1n) is 10.8. The molecule has 0 saturated carbocycles. The predicted molar refractivity (Wildman–Crippen MR) is 124 cm³/mol. The van der Waals surface area contributed by atoms with Crippen LogP contribution in [0.15, 0.2) is 59.5 Å². The number of para-hydroxylation sites is 1. The van der Waals surface area contributed by atoms with Gasteiger partial charge in [-0.15, -0.1) is 0 Å². The Balaban J connectivity index is 1.45. The number of aryl methyl sites for hydroxylation is 3. The predicted octanol–water partition coefficient (Wildman–Crippen LogP) is 3.46. The minimum Gasteiger partial charge on any atom is -0.352 e. The van der Waals surface area contributed by atoms with Gasteiger partial charge in [-0.3, -0.25) is 13.8 Å². The number of hydrogen-bond acceptors (Lipinski definition) is 4. The molecule has 0 bridgehead atoms. The van der Waals surface area contributed by atoms with Crippen LogP contribution in [-0.4, -0.2) is 36.7 Å². The minimum absolute atomic E-state index is 0.122. The van der Waals surface area contributed by atoms with Crippen molar-refractivity contribution in [3.05, 3.63) is 77.1 Å². The van der Waals surface area contributed by atoms with Crippen molar-refractivity contribution in [3.63, 3.8) is 0 Å². The largest absolute Gasteiger partial charge is 0.352 e. The van der Waals surface area contributed by atoms with Gasteiger partial charge >= 0.3 is 0 Å². The van der Waals surface area contributed by atoms with Crippen molar-refractivity contribution >= 4 is 21.6 Å². The number of rotatable bonds is 7. The number of nitrogens with zero attached hydrogens (tertiary/aromatic N) is 3. The Bertz CT molecular complexity index is 1250. The lowest BCUT2D eigenvalue weighted by Crippen LogP contribution is -2.36. The highest BCUT2D eigenvalue weighted by molar-refractivity contribution is 7.92. The van der Waals surface area contributed by atoms with E-state index < -0.39 is 10.0 Å². The lowest BCUT2D eigenvalue weighted by atomic mass is 10.1. The van der Waals surface area contributed by atoms with Crippen LogP contribution >= 0.6 is 0 Å². The fourth-order valence-electron chi connectivity index (χ4n) is 4.25. The summed E-state index contributed by atoms with van der Waals surface area (Å²) in [5, 5.41) is 7.30. The number of carbonyl (C=O) groups excluding carboxylic acids is 1. The molecule has 168 valence electrons. The highest BCUT2D eigenvalue weighted by Gasteiger charge is 2.36. The smallest absolute Gasteiger partial charge is 0.264 e. The van der Waals surface area contributed by atoms with Gasteiger partial charge in [-0.25, -0.2) is 8.42 Å². The zero-order chi connectivity index (χ0) is 22.9. The van der Waals surface area contributed by atoms with E-state index in [1.54, 1.807) is 18.2 Å². The molecule has 1 atom stereocenters. The lowest BCUT2D eigenvalue weighted by Gasteiger charge is -2.24.